The zero-order valence-electron chi connectivity index (χ0n) is 15.1. The number of amides is 1. The Labute approximate surface area is 152 Å². The summed E-state index contributed by atoms with van der Waals surface area (Å²) in [6.45, 7) is 3.57. The van der Waals surface area contributed by atoms with Crippen molar-refractivity contribution in [2.75, 3.05) is 11.9 Å². The minimum absolute atomic E-state index is 0.145. The average Bonchev–Trinajstić information content (AvgIpc) is 3.01. The molecular weight excluding hydrogens is 330 g/mol. The number of aromatic nitrogens is 2. The van der Waals surface area contributed by atoms with Crippen molar-refractivity contribution in [1.29, 1.82) is 0 Å². The molecule has 3 rings (SSSR count). The Hall–Kier alpha value is -2.89. The van der Waals surface area contributed by atoms with Crippen LogP contribution in [0.2, 0.25) is 0 Å². The Bertz CT molecular complexity index is 821. The van der Waals surface area contributed by atoms with E-state index < -0.39 is 0 Å². The van der Waals surface area contributed by atoms with Crippen LogP contribution in [0.4, 0.5) is 5.82 Å². The molecule has 1 heterocycles. The number of hydrogen-bond donors (Lipinski definition) is 1. The second kappa shape index (κ2) is 7.99. The lowest BCUT2D eigenvalue weighted by molar-refractivity contribution is -0.151. The number of nitrogens with one attached hydrogen (secondary N) is 1. The van der Waals surface area contributed by atoms with E-state index in [0.29, 0.717) is 12.2 Å². The van der Waals surface area contributed by atoms with Crippen molar-refractivity contribution < 1.29 is 14.3 Å². The van der Waals surface area contributed by atoms with Gasteiger partial charge in [0.1, 0.15) is 5.82 Å². The highest BCUT2D eigenvalue weighted by Crippen LogP contribution is 2.20. The van der Waals surface area contributed by atoms with Crippen LogP contribution < -0.4 is 5.32 Å². The molecule has 0 unspecified atom stereocenters. The molecule has 1 aromatic carbocycles. The van der Waals surface area contributed by atoms with Crippen molar-refractivity contribution in [2.24, 2.45) is 5.92 Å². The molecule has 1 aromatic heterocycles. The first-order valence-corrected chi connectivity index (χ1v) is 8.78. The first-order chi connectivity index (χ1) is 12.5. The van der Waals surface area contributed by atoms with Crippen LogP contribution in [-0.2, 0) is 14.3 Å². The Morgan fingerprint density at radius 2 is 2.00 bits per heavy atom. The number of esters is 1. The second-order valence-electron chi connectivity index (χ2n) is 6.56. The zero-order chi connectivity index (χ0) is 18.5. The largest absolute Gasteiger partial charge is 0.455 e. The van der Waals surface area contributed by atoms with Gasteiger partial charge in [-0.1, -0.05) is 29.8 Å². The van der Waals surface area contributed by atoms with Crippen LogP contribution in [0.15, 0.2) is 42.5 Å². The number of allylic oxidation sites excluding steroid dienone is 2. The van der Waals surface area contributed by atoms with Crippen LogP contribution in [0.25, 0.3) is 5.69 Å². The molecule has 0 fully saturated rings. The van der Waals surface area contributed by atoms with Gasteiger partial charge in [-0.15, -0.1) is 0 Å². The van der Waals surface area contributed by atoms with Gasteiger partial charge in [0.2, 0.25) is 0 Å². The van der Waals surface area contributed by atoms with E-state index in [1.807, 2.05) is 44.2 Å². The molecule has 136 valence electrons. The standard InChI is InChI=1S/C20H23N3O3/c1-14-8-10-17(11-9-14)23-18(12-15(2)22-23)21-19(24)13-26-20(25)16-6-4-3-5-7-16/h3-4,8-12,16H,5-7,13H2,1-2H3,(H,21,24)/t16-/m0/s1. The average molecular weight is 353 g/mol. The number of rotatable bonds is 5. The van der Waals surface area contributed by atoms with E-state index in [-0.39, 0.29) is 24.4 Å². The molecule has 0 radical (unpaired) electrons. The molecule has 1 amide bonds. The van der Waals surface area contributed by atoms with E-state index in [0.717, 1.165) is 29.8 Å². The maximum atomic E-state index is 12.2. The maximum absolute atomic E-state index is 12.2. The minimum Gasteiger partial charge on any atom is -0.455 e. The van der Waals surface area contributed by atoms with Crippen LogP contribution in [0.1, 0.15) is 30.5 Å². The van der Waals surface area contributed by atoms with Gasteiger partial charge < -0.3 is 10.1 Å². The summed E-state index contributed by atoms with van der Waals surface area (Å²) in [4.78, 5) is 24.2. The van der Waals surface area contributed by atoms with E-state index in [4.69, 9.17) is 4.74 Å². The Kier molecular flexibility index (Phi) is 5.51. The molecule has 1 aliphatic carbocycles. The van der Waals surface area contributed by atoms with Gasteiger partial charge in [-0.05, 0) is 45.2 Å². The topological polar surface area (TPSA) is 73.2 Å². The molecular formula is C20H23N3O3. The van der Waals surface area contributed by atoms with Gasteiger partial charge in [0.25, 0.3) is 5.91 Å². The molecule has 0 saturated heterocycles. The summed E-state index contributed by atoms with van der Waals surface area (Å²) < 4.78 is 6.84. The Balaban J connectivity index is 1.61. The number of ether oxygens (including phenoxy) is 1. The number of hydrogen-bond acceptors (Lipinski definition) is 4. The van der Waals surface area contributed by atoms with Crippen molar-refractivity contribution in [1.82, 2.24) is 9.78 Å². The van der Waals surface area contributed by atoms with Crippen LogP contribution in [0.5, 0.6) is 0 Å². The highest BCUT2D eigenvalue weighted by atomic mass is 16.5. The summed E-state index contributed by atoms with van der Waals surface area (Å²) in [7, 11) is 0. The summed E-state index contributed by atoms with van der Waals surface area (Å²) in [5.41, 5.74) is 2.78. The smallest absolute Gasteiger partial charge is 0.309 e. The number of aryl methyl sites for hydroxylation is 2. The van der Waals surface area contributed by atoms with Crippen molar-refractivity contribution in [3.8, 4) is 5.69 Å². The van der Waals surface area contributed by atoms with Crippen LogP contribution in [0.3, 0.4) is 0 Å². The molecule has 0 saturated carbocycles. The molecule has 0 aliphatic heterocycles. The highest BCUT2D eigenvalue weighted by molar-refractivity contribution is 5.92. The number of nitrogens with zero attached hydrogens (tertiary/aromatic N) is 2. The molecule has 2 aromatic rings. The molecule has 1 N–H and O–H groups in total. The summed E-state index contributed by atoms with van der Waals surface area (Å²) in [5.74, 6) is -0.285. The molecule has 6 nitrogen and oxygen atoms in total. The molecule has 1 atom stereocenters. The SMILES string of the molecule is Cc1ccc(-n2nc(C)cc2NC(=O)COC(=O)[C@H]2CC=CCC2)cc1. The summed E-state index contributed by atoms with van der Waals surface area (Å²) in [6.07, 6.45) is 6.38. The number of carbonyl (C=O) groups is 2. The van der Waals surface area contributed by atoms with E-state index in [1.54, 1.807) is 10.7 Å². The fourth-order valence-electron chi connectivity index (χ4n) is 2.91. The summed E-state index contributed by atoms with van der Waals surface area (Å²) in [6, 6.07) is 9.63. The normalized spacial score (nSPS) is 16.3. The summed E-state index contributed by atoms with van der Waals surface area (Å²) in [5, 5.41) is 7.19. The predicted octanol–water partition coefficient (Wildman–Crippen LogP) is 3.33. The van der Waals surface area contributed by atoms with Crippen molar-refractivity contribution >= 4 is 17.7 Å². The van der Waals surface area contributed by atoms with E-state index in [9.17, 15) is 9.59 Å². The first-order valence-electron chi connectivity index (χ1n) is 8.78. The van der Waals surface area contributed by atoms with Crippen LogP contribution >= 0.6 is 0 Å². The summed E-state index contributed by atoms with van der Waals surface area (Å²) >= 11 is 0. The van der Waals surface area contributed by atoms with Gasteiger partial charge in [0, 0.05) is 6.07 Å². The van der Waals surface area contributed by atoms with Crippen molar-refractivity contribution in [3.05, 3.63) is 53.7 Å². The third-order valence-corrected chi connectivity index (χ3v) is 4.33. The molecule has 0 spiro atoms. The Morgan fingerprint density at radius 3 is 2.69 bits per heavy atom. The lowest BCUT2D eigenvalue weighted by atomic mass is 9.95. The first kappa shape index (κ1) is 17.9. The molecule has 0 bridgehead atoms. The molecule has 1 aliphatic rings. The fourth-order valence-corrected chi connectivity index (χ4v) is 2.91. The van der Waals surface area contributed by atoms with Gasteiger partial charge >= 0.3 is 5.97 Å². The van der Waals surface area contributed by atoms with E-state index >= 15 is 0 Å². The minimum atomic E-state index is -0.377. The van der Waals surface area contributed by atoms with Crippen molar-refractivity contribution in [2.45, 2.75) is 33.1 Å². The third kappa shape index (κ3) is 4.39. The number of benzene rings is 1. The van der Waals surface area contributed by atoms with Crippen LogP contribution in [-0.4, -0.2) is 28.3 Å². The Morgan fingerprint density at radius 1 is 1.23 bits per heavy atom. The van der Waals surface area contributed by atoms with Gasteiger partial charge in [-0.25, -0.2) is 4.68 Å². The lowest BCUT2D eigenvalue weighted by Gasteiger charge is -2.16. The van der Waals surface area contributed by atoms with E-state index in [2.05, 4.69) is 16.5 Å². The monoisotopic (exact) mass is 353 g/mol. The van der Waals surface area contributed by atoms with Crippen LogP contribution in [0, 0.1) is 19.8 Å². The highest BCUT2D eigenvalue weighted by Gasteiger charge is 2.21. The van der Waals surface area contributed by atoms with Crippen molar-refractivity contribution in [3.63, 3.8) is 0 Å². The van der Waals surface area contributed by atoms with Gasteiger partial charge in [-0.2, -0.15) is 5.10 Å². The van der Waals surface area contributed by atoms with Gasteiger partial charge in [-0.3, -0.25) is 9.59 Å². The molecule has 6 heteroatoms. The predicted molar refractivity (Wildman–Crippen MR) is 99.1 cm³/mol. The molecule has 26 heavy (non-hydrogen) atoms. The quantitative estimate of drug-likeness (QED) is 0.661. The maximum Gasteiger partial charge on any atom is 0.309 e. The number of anilines is 1. The zero-order valence-corrected chi connectivity index (χ0v) is 15.1. The van der Waals surface area contributed by atoms with E-state index in [1.165, 1.54) is 0 Å². The lowest BCUT2D eigenvalue weighted by Crippen LogP contribution is -2.26. The third-order valence-electron chi connectivity index (χ3n) is 4.33. The number of carbonyl (C=O) groups excluding carboxylic acids is 2. The van der Waals surface area contributed by atoms with Gasteiger partial charge in [0.05, 0.1) is 17.3 Å². The second-order valence-corrected chi connectivity index (χ2v) is 6.56. The van der Waals surface area contributed by atoms with Gasteiger partial charge in [0.15, 0.2) is 6.61 Å². The fraction of sp³-hybridized carbons (Fsp3) is 0.350.